The summed E-state index contributed by atoms with van der Waals surface area (Å²) in [5, 5.41) is 5.81. The van der Waals surface area contributed by atoms with Gasteiger partial charge in [0.1, 0.15) is 11.6 Å². The number of hydrogen-bond acceptors (Lipinski definition) is 7. The van der Waals surface area contributed by atoms with Crippen molar-refractivity contribution >= 4 is 63.0 Å². The number of nitrogens with zero attached hydrogens (tertiary/aromatic N) is 1. The number of thiazole rings is 1. The van der Waals surface area contributed by atoms with Gasteiger partial charge in [0.25, 0.3) is 5.91 Å². The van der Waals surface area contributed by atoms with Gasteiger partial charge in [-0.25, -0.2) is 4.39 Å². The van der Waals surface area contributed by atoms with Crippen LogP contribution >= 0.6 is 23.1 Å². The van der Waals surface area contributed by atoms with Crippen LogP contribution in [0.15, 0.2) is 101 Å². The Bertz CT molecular complexity index is 2200. The Hall–Kier alpha value is -4.74. The van der Waals surface area contributed by atoms with E-state index in [0.29, 0.717) is 17.1 Å². The Morgan fingerprint density at radius 1 is 0.896 bits per heavy atom. The number of ether oxygens (including phenoxy) is 1. The van der Waals surface area contributed by atoms with Gasteiger partial charge in [-0.15, -0.1) is 11.8 Å². The van der Waals surface area contributed by atoms with Crippen molar-refractivity contribution in [2.45, 2.75) is 22.6 Å². The zero-order chi connectivity index (χ0) is 32.7. The summed E-state index contributed by atoms with van der Waals surface area (Å²) in [6.45, 7) is -0.216. The minimum atomic E-state index is -0.491. The van der Waals surface area contributed by atoms with E-state index >= 15 is 0 Å². The van der Waals surface area contributed by atoms with Crippen LogP contribution in [0.1, 0.15) is 22.8 Å². The molecule has 1 aromatic heterocycles. The maximum absolute atomic E-state index is 14.0. The van der Waals surface area contributed by atoms with Crippen LogP contribution in [0.3, 0.4) is 0 Å². The summed E-state index contributed by atoms with van der Waals surface area (Å²) in [6, 6.07) is 26.7. The van der Waals surface area contributed by atoms with E-state index in [0.717, 1.165) is 32.7 Å². The fraction of sp³-hybridized carbons (Fsp3) is 0.243. The molecule has 3 fully saturated rings. The number of carbonyl (C=O) groups is 3. The van der Waals surface area contributed by atoms with E-state index in [1.54, 1.807) is 11.8 Å². The van der Waals surface area contributed by atoms with Gasteiger partial charge in [0, 0.05) is 27.3 Å². The SMILES string of the molecule is O=C(COc1ccccc1[C@H]1c2sc(=O)[nH]c2SC2C3CC(C4C(=O)N(c5ccc(F)cc5)C(=O)C34)C21)Nc1ccc2ccccc2c1. The normalized spacial score (nSPS) is 26.8. The number of H-pyrrole nitrogens is 1. The fourth-order valence-corrected chi connectivity index (χ4v) is 11.6. The van der Waals surface area contributed by atoms with Gasteiger partial charge >= 0.3 is 4.87 Å². The molecule has 3 heterocycles. The number of carbonyl (C=O) groups excluding carboxylic acids is 3. The number of aromatic nitrogens is 1. The van der Waals surface area contributed by atoms with E-state index in [2.05, 4.69) is 10.3 Å². The van der Waals surface area contributed by atoms with Gasteiger partial charge in [-0.3, -0.25) is 24.1 Å². The van der Waals surface area contributed by atoms with Gasteiger partial charge in [0.15, 0.2) is 6.61 Å². The summed E-state index contributed by atoms with van der Waals surface area (Å²) in [7, 11) is 0. The molecule has 3 amide bonds. The number of nitrogens with one attached hydrogen (secondary N) is 2. The number of fused-ring (bicyclic) bond motifs is 10. The molecule has 2 bridgehead atoms. The number of imide groups is 1. The second-order valence-corrected chi connectivity index (χ2v) is 15.1. The van der Waals surface area contributed by atoms with Crippen LogP contribution < -0.4 is 19.8 Å². The zero-order valence-electron chi connectivity index (χ0n) is 25.3. The van der Waals surface area contributed by atoms with Crippen molar-refractivity contribution in [1.29, 1.82) is 0 Å². The molecule has 0 spiro atoms. The number of aromatic amines is 1. The van der Waals surface area contributed by atoms with Gasteiger partial charge < -0.3 is 15.0 Å². The van der Waals surface area contributed by atoms with Gasteiger partial charge in [0.2, 0.25) is 11.8 Å². The lowest BCUT2D eigenvalue weighted by molar-refractivity contribution is -0.123. The first-order chi connectivity index (χ1) is 23.4. The summed E-state index contributed by atoms with van der Waals surface area (Å²) in [6.07, 6.45) is 0.735. The van der Waals surface area contributed by atoms with E-state index in [-0.39, 0.29) is 58.1 Å². The highest BCUT2D eigenvalue weighted by molar-refractivity contribution is 8.00. The van der Waals surface area contributed by atoms with Crippen LogP contribution in [0.25, 0.3) is 10.8 Å². The van der Waals surface area contributed by atoms with Crippen molar-refractivity contribution in [2.75, 3.05) is 16.8 Å². The van der Waals surface area contributed by atoms with Crippen molar-refractivity contribution in [3.05, 3.63) is 117 Å². The topological polar surface area (TPSA) is 109 Å². The van der Waals surface area contributed by atoms with Crippen LogP contribution in [-0.2, 0) is 14.4 Å². The van der Waals surface area contributed by atoms with Gasteiger partial charge in [-0.1, -0.05) is 59.9 Å². The number of thioether (sulfide) groups is 1. The van der Waals surface area contributed by atoms with Crippen molar-refractivity contribution in [3.63, 3.8) is 0 Å². The number of amides is 3. The Balaban J connectivity index is 1.02. The highest BCUT2D eigenvalue weighted by atomic mass is 32.2. The smallest absolute Gasteiger partial charge is 0.305 e. The molecule has 2 aliphatic heterocycles. The van der Waals surface area contributed by atoms with Crippen LogP contribution in [0.2, 0.25) is 0 Å². The largest absolute Gasteiger partial charge is 0.483 e. The van der Waals surface area contributed by atoms with E-state index in [1.807, 2.05) is 66.7 Å². The summed E-state index contributed by atoms with van der Waals surface area (Å²) in [5.74, 6) is -2.09. The fourth-order valence-electron chi connectivity index (χ4n) is 8.69. The maximum Gasteiger partial charge on any atom is 0.305 e. The van der Waals surface area contributed by atoms with Crippen LogP contribution in [0.4, 0.5) is 15.8 Å². The first-order valence-corrected chi connectivity index (χ1v) is 17.6. The first kappa shape index (κ1) is 29.4. The molecule has 48 heavy (non-hydrogen) atoms. The molecule has 0 radical (unpaired) electrons. The van der Waals surface area contributed by atoms with Crippen molar-refractivity contribution in [3.8, 4) is 5.75 Å². The molecule has 9 rings (SSSR count). The number of benzene rings is 4. The summed E-state index contributed by atoms with van der Waals surface area (Å²) in [4.78, 5) is 58.6. The Morgan fingerprint density at radius 2 is 1.62 bits per heavy atom. The molecule has 6 unspecified atom stereocenters. The number of halogens is 1. The quantitative estimate of drug-likeness (QED) is 0.201. The Kier molecular flexibility index (Phi) is 6.84. The molecule has 8 nitrogen and oxygen atoms in total. The molecule has 7 atom stereocenters. The summed E-state index contributed by atoms with van der Waals surface area (Å²) >= 11 is 2.77. The zero-order valence-corrected chi connectivity index (χ0v) is 26.9. The molecule has 11 heteroatoms. The molecule has 4 aliphatic rings. The van der Waals surface area contributed by atoms with Crippen LogP contribution in [0.5, 0.6) is 5.75 Å². The minimum absolute atomic E-state index is 0.00632. The lowest BCUT2D eigenvalue weighted by Crippen LogP contribution is -2.42. The maximum atomic E-state index is 14.0. The van der Waals surface area contributed by atoms with Crippen molar-refractivity contribution < 1.29 is 23.5 Å². The predicted octanol–water partition coefficient (Wildman–Crippen LogP) is 6.42. The summed E-state index contributed by atoms with van der Waals surface area (Å²) < 4.78 is 19.9. The van der Waals surface area contributed by atoms with Crippen LogP contribution in [-0.4, -0.2) is 34.6 Å². The predicted molar refractivity (Wildman–Crippen MR) is 182 cm³/mol. The Morgan fingerprint density at radius 3 is 2.44 bits per heavy atom. The van der Waals surface area contributed by atoms with E-state index < -0.39 is 17.7 Å². The second kappa shape index (κ2) is 11.2. The van der Waals surface area contributed by atoms with E-state index in [4.69, 9.17) is 4.74 Å². The van der Waals surface area contributed by atoms with Crippen molar-refractivity contribution in [2.24, 2.45) is 29.6 Å². The standard InChI is InChI=1S/C37H28FN3O5S2/c38-20-10-13-22(14-11-20)41-35(43)30-24-16-25(31(30)36(41)44)32-29(24)28(33-34(47-32)40-37(45)48-33)23-7-3-4-8-26(23)46-17-27(42)39-21-12-9-18-5-1-2-6-19(18)15-21/h1-15,24-25,28-32H,16-17H2,(H,39,42)(H,40,45)/t24?,25?,28-,29?,30?,31?,32?/m1/s1. The highest BCUT2D eigenvalue weighted by Gasteiger charge is 2.69. The van der Waals surface area contributed by atoms with E-state index in [1.165, 1.54) is 40.5 Å². The Labute approximate surface area is 282 Å². The van der Waals surface area contributed by atoms with Gasteiger partial charge in [0.05, 0.1) is 22.5 Å². The molecule has 2 aliphatic carbocycles. The molecule has 1 saturated heterocycles. The average molecular weight is 678 g/mol. The van der Waals surface area contributed by atoms with E-state index in [9.17, 15) is 23.6 Å². The third kappa shape index (κ3) is 4.55. The molecular formula is C37H28FN3O5S2. The molecule has 240 valence electrons. The number of anilines is 2. The highest BCUT2D eigenvalue weighted by Crippen LogP contribution is 2.69. The van der Waals surface area contributed by atoms with Gasteiger partial charge in [-0.05, 0) is 77.4 Å². The average Bonchev–Trinajstić information content (AvgIpc) is 3.83. The van der Waals surface area contributed by atoms with Gasteiger partial charge in [-0.2, -0.15) is 0 Å². The number of rotatable bonds is 6. The lowest BCUT2D eigenvalue weighted by Gasteiger charge is -2.43. The van der Waals surface area contributed by atoms with Crippen LogP contribution in [0, 0.1) is 35.4 Å². The molecule has 5 aromatic rings. The summed E-state index contributed by atoms with van der Waals surface area (Å²) in [5.41, 5.74) is 1.90. The molecular weight excluding hydrogens is 650 g/mol. The third-order valence-electron chi connectivity index (χ3n) is 10.5. The molecule has 4 aromatic carbocycles. The third-order valence-corrected chi connectivity index (χ3v) is 13.0. The molecule has 2 N–H and O–H groups in total. The molecule has 2 saturated carbocycles. The first-order valence-electron chi connectivity index (χ1n) is 15.9. The lowest BCUT2D eigenvalue weighted by atomic mass is 9.68. The minimum Gasteiger partial charge on any atom is -0.483 e. The monoisotopic (exact) mass is 677 g/mol. The number of para-hydroxylation sites is 1. The van der Waals surface area contributed by atoms with Crippen molar-refractivity contribution in [1.82, 2.24) is 4.98 Å². The second-order valence-electron chi connectivity index (χ2n) is 12.9. The number of hydrogen-bond donors (Lipinski definition) is 2.